The summed E-state index contributed by atoms with van der Waals surface area (Å²) in [5.41, 5.74) is 5.99. The van der Waals surface area contributed by atoms with Crippen LogP contribution in [0.25, 0.3) is 0 Å². The number of benzene rings is 1. The highest BCUT2D eigenvalue weighted by Gasteiger charge is 2.32. The molecule has 0 aliphatic carbocycles. The number of thiol groups is 1. The number of aromatic hydroxyl groups is 1. The first kappa shape index (κ1) is 28.7. The first-order chi connectivity index (χ1) is 15.8. The Hall–Kier alpha value is -3.36. The van der Waals surface area contributed by atoms with Crippen LogP contribution in [0.15, 0.2) is 24.3 Å². The van der Waals surface area contributed by atoms with E-state index in [0.29, 0.717) is 5.56 Å². The van der Waals surface area contributed by atoms with Crippen LogP contribution in [0.4, 0.5) is 0 Å². The van der Waals surface area contributed by atoms with E-state index >= 15 is 0 Å². The second-order valence-corrected chi connectivity index (χ2v) is 7.80. The zero-order valence-electron chi connectivity index (χ0n) is 18.2. The monoisotopic (exact) mass is 500 g/mol. The summed E-state index contributed by atoms with van der Waals surface area (Å²) in [5, 5.41) is 43.8. The standard InChI is InChI=1S/C20H28N4O9S/c1-9(25)16(21)19(31)23-13(7-15(27)28)18(30)22-12(6-10-2-4-11(26)5-3-10)17(29)24-14(8-34)20(32)33/h2-5,9,12-14,16,25-26,34H,6-8,21H2,1H3,(H,22,30)(H,23,31)(H,24,29)(H,27,28)(H,32,33). The molecule has 0 spiro atoms. The van der Waals surface area contributed by atoms with Crippen molar-refractivity contribution < 1.29 is 44.4 Å². The van der Waals surface area contributed by atoms with E-state index in [1.165, 1.54) is 31.2 Å². The third kappa shape index (κ3) is 9.25. The van der Waals surface area contributed by atoms with Gasteiger partial charge in [0.15, 0.2) is 0 Å². The van der Waals surface area contributed by atoms with E-state index in [0.717, 1.165) is 0 Å². The third-order valence-corrected chi connectivity index (χ3v) is 5.01. The molecule has 0 heterocycles. The minimum absolute atomic E-state index is 0.0477. The number of nitrogens with two attached hydrogens (primary N) is 1. The van der Waals surface area contributed by atoms with Crippen LogP contribution in [0.1, 0.15) is 18.9 Å². The van der Waals surface area contributed by atoms with Crippen molar-refractivity contribution in [1.82, 2.24) is 16.0 Å². The molecule has 5 atom stereocenters. The van der Waals surface area contributed by atoms with Gasteiger partial charge in [-0.25, -0.2) is 4.79 Å². The lowest BCUT2D eigenvalue weighted by atomic mass is 10.0. The number of amides is 3. The van der Waals surface area contributed by atoms with Gasteiger partial charge in [-0.2, -0.15) is 12.6 Å². The third-order valence-electron chi connectivity index (χ3n) is 4.64. The fraction of sp³-hybridized carbons (Fsp3) is 0.450. The number of hydrogen-bond donors (Lipinski definition) is 9. The number of phenols is 1. The molecule has 34 heavy (non-hydrogen) atoms. The molecule has 0 aromatic heterocycles. The van der Waals surface area contributed by atoms with Crippen molar-refractivity contribution in [2.45, 2.75) is 50.0 Å². The molecule has 1 rings (SSSR count). The number of nitrogens with one attached hydrogen (secondary N) is 3. The zero-order chi connectivity index (χ0) is 26.0. The van der Waals surface area contributed by atoms with Crippen LogP contribution in [0.2, 0.25) is 0 Å². The number of carboxylic acids is 2. The van der Waals surface area contributed by atoms with Crippen LogP contribution in [0.5, 0.6) is 5.75 Å². The van der Waals surface area contributed by atoms with Crippen LogP contribution in [0.3, 0.4) is 0 Å². The largest absolute Gasteiger partial charge is 0.508 e. The number of aliphatic hydroxyl groups is 1. The van der Waals surface area contributed by atoms with E-state index < -0.39 is 66.4 Å². The maximum atomic E-state index is 12.8. The van der Waals surface area contributed by atoms with Crippen molar-refractivity contribution in [2.75, 3.05) is 5.75 Å². The van der Waals surface area contributed by atoms with Crippen molar-refractivity contribution in [3.8, 4) is 5.75 Å². The van der Waals surface area contributed by atoms with Gasteiger partial charge in [0.2, 0.25) is 17.7 Å². The van der Waals surface area contributed by atoms with Crippen molar-refractivity contribution in [3.63, 3.8) is 0 Å². The molecule has 3 amide bonds. The first-order valence-electron chi connectivity index (χ1n) is 10.0. The second kappa shape index (κ2) is 13.4. The summed E-state index contributed by atoms with van der Waals surface area (Å²) in [4.78, 5) is 60.2. The molecular weight excluding hydrogens is 472 g/mol. The topological polar surface area (TPSA) is 228 Å². The second-order valence-electron chi connectivity index (χ2n) is 7.44. The Morgan fingerprint density at radius 1 is 0.912 bits per heavy atom. The molecule has 9 N–H and O–H groups in total. The number of carbonyl (C=O) groups is 5. The van der Waals surface area contributed by atoms with Crippen molar-refractivity contribution >= 4 is 42.3 Å². The van der Waals surface area contributed by atoms with Gasteiger partial charge in [0.1, 0.15) is 29.9 Å². The average Bonchev–Trinajstić information content (AvgIpc) is 2.76. The lowest BCUT2D eigenvalue weighted by molar-refractivity contribution is -0.143. The first-order valence-corrected chi connectivity index (χ1v) is 10.7. The van der Waals surface area contributed by atoms with Crippen molar-refractivity contribution in [3.05, 3.63) is 29.8 Å². The fourth-order valence-corrected chi connectivity index (χ4v) is 2.93. The van der Waals surface area contributed by atoms with Gasteiger partial charge in [-0.3, -0.25) is 19.2 Å². The number of aliphatic hydroxyl groups excluding tert-OH is 1. The highest BCUT2D eigenvalue weighted by atomic mass is 32.1. The van der Waals surface area contributed by atoms with Gasteiger partial charge in [0.25, 0.3) is 0 Å². The summed E-state index contributed by atoms with van der Waals surface area (Å²) in [6.45, 7) is 1.23. The maximum Gasteiger partial charge on any atom is 0.327 e. The number of rotatable bonds is 13. The molecule has 0 saturated heterocycles. The van der Waals surface area contributed by atoms with E-state index in [-0.39, 0.29) is 17.9 Å². The van der Waals surface area contributed by atoms with Gasteiger partial charge < -0.3 is 42.1 Å². The van der Waals surface area contributed by atoms with E-state index in [9.17, 15) is 34.2 Å². The SMILES string of the molecule is CC(O)C(N)C(=O)NC(CC(=O)O)C(=O)NC(Cc1ccc(O)cc1)C(=O)NC(CS)C(=O)O. The molecule has 0 radical (unpaired) electrons. The molecular formula is C20H28N4O9S. The number of aliphatic carboxylic acids is 2. The van der Waals surface area contributed by atoms with Crippen LogP contribution in [-0.4, -0.2) is 86.1 Å². The van der Waals surface area contributed by atoms with Gasteiger partial charge in [0.05, 0.1) is 12.5 Å². The molecule has 13 nitrogen and oxygen atoms in total. The molecule has 0 aliphatic heterocycles. The summed E-state index contributed by atoms with van der Waals surface area (Å²) in [5.74, 6) is -6.02. The lowest BCUT2D eigenvalue weighted by Crippen LogP contribution is -2.59. The highest BCUT2D eigenvalue weighted by molar-refractivity contribution is 7.80. The Morgan fingerprint density at radius 2 is 1.41 bits per heavy atom. The van der Waals surface area contributed by atoms with Gasteiger partial charge in [-0.05, 0) is 24.6 Å². The predicted octanol–water partition coefficient (Wildman–Crippen LogP) is -2.41. The Bertz CT molecular complexity index is 895. The van der Waals surface area contributed by atoms with Gasteiger partial charge in [-0.1, -0.05) is 12.1 Å². The molecule has 14 heteroatoms. The van der Waals surface area contributed by atoms with Gasteiger partial charge in [-0.15, -0.1) is 0 Å². The minimum atomic E-state index is -1.65. The summed E-state index contributed by atoms with van der Waals surface area (Å²) < 4.78 is 0. The Kier molecular flexibility index (Phi) is 11.3. The fourth-order valence-electron chi connectivity index (χ4n) is 2.68. The Morgan fingerprint density at radius 3 is 1.88 bits per heavy atom. The molecule has 0 fully saturated rings. The van der Waals surface area contributed by atoms with Gasteiger partial charge in [0, 0.05) is 12.2 Å². The molecule has 0 aliphatic rings. The van der Waals surface area contributed by atoms with E-state index in [1.54, 1.807) is 0 Å². The predicted molar refractivity (Wildman–Crippen MR) is 121 cm³/mol. The summed E-state index contributed by atoms with van der Waals surface area (Å²) >= 11 is 3.87. The zero-order valence-corrected chi connectivity index (χ0v) is 19.1. The molecule has 1 aromatic rings. The summed E-state index contributed by atoms with van der Waals surface area (Å²) in [6.07, 6.45) is -2.29. The van der Waals surface area contributed by atoms with E-state index in [2.05, 4.69) is 28.6 Å². The van der Waals surface area contributed by atoms with Crippen molar-refractivity contribution in [2.24, 2.45) is 5.73 Å². The molecule has 188 valence electrons. The Labute approximate surface area is 200 Å². The quantitative estimate of drug-likeness (QED) is 0.130. The minimum Gasteiger partial charge on any atom is -0.508 e. The summed E-state index contributed by atoms with van der Waals surface area (Å²) in [6, 6.07) is -0.223. The van der Waals surface area contributed by atoms with Crippen LogP contribution in [0, 0.1) is 0 Å². The van der Waals surface area contributed by atoms with Crippen molar-refractivity contribution in [1.29, 1.82) is 0 Å². The molecule has 0 bridgehead atoms. The number of carbonyl (C=O) groups excluding carboxylic acids is 3. The molecule has 5 unspecified atom stereocenters. The van der Waals surface area contributed by atoms with Crippen LogP contribution in [-0.2, 0) is 30.4 Å². The van der Waals surface area contributed by atoms with Crippen LogP contribution < -0.4 is 21.7 Å². The maximum absolute atomic E-state index is 12.8. The molecule has 1 aromatic carbocycles. The summed E-state index contributed by atoms with van der Waals surface area (Å²) in [7, 11) is 0. The number of phenolic OH excluding ortho intramolecular Hbond substituents is 1. The molecule has 0 saturated carbocycles. The van der Waals surface area contributed by atoms with E-state index in [1.807, 2.05) is 0 Å². The highest BCUT2D eigenvalue weighted by Crippen LogP contribution is 2.12. The van der Waals surface area contributed by atoms with Gasteiger partial charge >= 0.3 is 11.9 Å². The Balaban J connectivity index is 3.14. The normalized spacial score (nSPS) is 15.2. The number of hydrogen-bond acceptors (Lipinski definition) is 9. The van der Waals surface area contributed by atoms with Crippen LogP contribution >= 0.6 is 12.6 Å². The smallest absolute Gasteiger partial charge is 0.327 e. The lowest BCUT2D eigenvalue weighted by Gasteiger charge is -2.25. The average molecular weight is 501 g/mol. The van der Waals surface area contributed by atoms with E-state index in [4.69, 9.17) is 15.9 Å². The number of carboxylic acid groups (broad SMARTS) is 2.